The van der Waals surface area contributed by atoms with E-state index in [1.165, 1.54) is 11.1 Å². The van der Waals surface area contributed by atoms with Crippen molar-refractivity contribution in [1.82, 2.24) is 0 Å². The first-order valence-corrected chi connectivity index (χ1v) is 8.64. The van der Waals surface area contributed by atoms with Crippen molar-refractivity contribution in [3.8, 4) is 0 Å². The van der Waals surface area contributed by atoms with E-state index >= 15 is 0 Å². The van der Waals surface area contributed by atoms with Gasteiger partial charge in [0.1, 0.15) is 0 Å². The number of esters is 1. The Labute approximate surface area is 139 Å². The summed E-state index contributed by atoms with van der Waals surface area (Å²) >= 11 is 0. The van der Waals surface area contributed by atoms with Crippen LogP contribution in [0.5, 0.6) is 0 Å². The molecule has 2 aliphatic rings. The molecule has 0 aromatic heterocycles. The number of Topliss-reactive ketones (excluding diaryl/α,β-unsaturated/α-hetero) is 1. The first kappa shape index (κ1) is 17.7. The van der Waals surface area contributed by atoms with E-state index in [0.717, 1.165) is 12.8 Å². The Hall–Kier alpha value is -1.64. The summed E-state index contributed by atoms with van der Waals surface area (Å²) in [5, 5.41) is 0. The molecule has 126 valence electrons. The highest BCUT2D eigenvalue weighted by molar-refractivity contribution is 5.94. The van der Waals surface area contributed by atoms with E-state index in [1.54, 1.807) is 6.92 Å². The number of carbonyl (C=O) groups excluding carboxylic acids is 2. The normalized spacial score (nSPS) is 31.6. The molecule has 0 aromatic carbocycles. The van der Waals surface area contributed by atoms with Gasteiger partial charge in [-0.2, -0.15) is 0 Å². The van der Waals surface area contributed by atoms with E-state index in [-0.39, 0.29) is 11.8 Å². The molecule has 1 atom stereocenters. The molecule has 0 fully saturated rings. The number of ether oxygens (including phenoxy) is 1. The van der Waals surface area contributed by atoms with Crippen LogP contribution in [0, 0.1) is 5.92 Å². The summed E-state index contributed by atoms with van der Waals surface area (Å²) in [4.78, 5) is 25.0. The molecule has 23 heavy (non-hydrogen) atoms. The fourth-order valence-electron chi connectivity index (χ4n) is 3.08. The highest BCUT2D eigenvalue weighted by Gasteiger charge is 2.38. The zero-order valence-electron chi connectivity index (χ0n) is 14.8. The first-order chi connectivity index (χ1) is 10.8. The van der Waals surface area contributed by atoms with Crippen molar-refractivity contribution in [1.29, 1.82) is 0 Å². The zero-order chi connectivity index (χ0) is 17.0. The van der Waals surface area contributed by atoms with Gasteiger partial charge in [-0.25, -0.2) is 4.79 Å². The van der Waals surface area contributed by atoms with Crippen molar-refractivity contribution >= 4 is 11.8 Å². The Morgan fingerprint density at radius 3 is 2.52 bits per heavy atom. The lowest BCUT2D eigenvalue weighted by Gasteiger charge is -2.26. The Kier molecular flexibility index (Phi) is 5.61. The fourth-order valence-corrected chi connectivity index (χ4v) is 3.08. The van der Waals surface area contributed by atoms with Crippen molar-refractivity contribution in [2.45, 2.75) is 71.8 Å². The van der Waals surface area contributed by atoms with Crippen molar-refractivity contribution in [2.24, 2.45) is 5.92 Å². The number of hydrogen-bond donors (Lipinski definition) is 0. The lowest BCUT2D eigenvalue weighted by molar-refractivity contribution is -0.162. The third-order valence-corrected chi connectivity index (χ3v) is 4.94. The van der Waals surface area contributed by atoms with Gasteiger partial charge in [0.25, 0.3) is 0 Å². The van der Waals surface area contributed by atoms with E-state index in [2.05, 4.69) is 32.9 Å². The van der Waals surface area contributed by atoms with Gasteiger partial charge in [-0.15, -0.1) is 0 Å². The van der Waals surface area contributed by atoms with Gasteiger partial charge in [0.15, 0.2) is 11.4 Å². The fraction of sp³-hybridized carbons (Fsp3) is 0.600. The summed E-state index contributed by atoms with van der Waals surface area (Å²) < 4.78 is 5.62. The quantitative estimate of drug-likeness (QED) is 0.660. The second-order valence-corrected chi connectivity index (χ2v) is 7.22. The van der Waals surface area contributed by atoms with Crippen LogP contribution in [0.3, 0.4) is 0 Å². The molecule has 0 aliphatic carbocycles. The number of carbonyl (C=O) groups is 2. The van der Waals surface area contributed by atoms with Crippen molar-refractivity contribution < 1.29 is 14.3 Å². The number of ketones is 1. The Balaban J connectivity index is 2.34. The van der Waals surface area contributed by atoms with Crippen LogP contribution in [-0.4, -0.2) is 17.4 Å². The van der Waals surface area contributed by atoms with Gasteiger partial charge in [-0.1, -0.05) is 43.2 Å². The number of hydrogen-bond acceptors (Lipinski definition) is 3. The van der Waals surface area contributed by atoms with E-state index in [0.29, 0.717) is 37.2 Å². The number of rotatable bonds is 1. The topological polar surface area (TPSA) is 43.4 Å². The average Bonchev–Trinajstić information content (AvgIpc) is 2.62. The largest absolute Gasteiger partial charge is 0.448 e. The van der Waals surface area contributed by atoms with Gasteiger partial charge in [-0.05, 0) is 51.9 Å². The molecular weight excluding hydrogens is 288 g/mol. The minimum atomic E-state index is -0.974. The monoisotopic (exact) mass is 316 g/mol. The predicted octanol–water partition coefficient (Wildman–Crippen LogP) is 4.68. The molecule has 0 radical (unpaired) electrons. The van der Waals surface area contributed by atoms with Crippen LogP contribution in [0.25, 0.3) is 0 Å². The molecule has 0 saturated heterocycles. The van der Waals surface area contributed by atoms with E-state index in [4.69, 9.17) is 4.74 Å². The summed E-state index contributed by atoms with van der Waals surface area (Å²) in [5.74, 6) is 0.157. The van der Waals surface area contributed by atoms with Gasteiger partial charge in [0.05, 0.1) is 0 Å². The Morgan fingerprint density at radius 1 is 1.09 bits per heavy atom. The smallest absolute Gasteiger partial charge is 0.334 e. The van der Waals surface area contributed by atoms with E-state index in [1.807, 2.05) is 6.08 Å². The molecule has 0 amide bonds. The van der Waals surface area contributed by atoms with Gasteiger partial charge in [-0.3, -0.25) is 4.79 Å². The molecule has 2 aliphatic heterocycles. The van der Waals surface area contributed by atoms with Gasteiger partial charge in [0.2, 0.25) is 0 Å². The average molecular weight is 316 g/mol. The van der Waals surface area contributed by atoms with Gasteiger partial charge in [0, 0.05) is 12.0 Å². The molecule has 0 spiro atoms. The minimum absolute atomic E-state index is 0.0283. The Morgan fingerprint density at radius 2 is 1.83 bits per heavy atom. The van der Waals surface area contributed by atoms with E-state index in [9.17, 15) is 9.59 Å². The maximum absolute atomic E-state index is 12.6. The van der Waals surface area contributed by atoms with Crippen LogP contribution in [0.2, 0.25) is 0 Å². The predicted molar refractivity (Wildman–Crippen MR) is 92.0 cm³/mol. The second-order valence-electron chi connectivity index (χ2n) is 7.22. The maximum atomic E-state index is 12.6. The van der Waals surface area contributed by atoms with Crippen LogP contribution in [0.4, 0.5) is 0 Å². The third-order valence-electron chi connectivity index (χ3n) is 4.94. The molecular formula is C20H28O3. The third kappa shape index (κ3) is 4.43. The van der Waals surface area contributed by atoms with Crippen molar-refractivity contribution in [2.75, 3.05) is 0 Å². The highest BCUT2D eigenvalue weighted by atomic mass is 16.6. The lowest BCUT2D eigenvalue weighted by atomic mass is 9.90. The highest BCUT2D eigenvalue weighted by Crippen LogP contribution is 2.30. The van der Waals surface area contributed by atoms with Gasteiger partial charge < -0.3 is 4.74 Å². The lowest BCUT2D eigenvalue weighted by Crippen LogP contribution is -2.39. The molecule has 1 unspecified atom stereocenters. The Bertz CT molecular complexity index is 578. The molecule has 2 rings (SSSR count). The van der Waals surface area contributed by atoms with Crippen LogP contribution >= 0.6 is 0 Å². The number of allylic oxidation sites excluding steroid dienone is 5. The van der Waals surface area contributed by atoms with Gasteiger partial charge >= 0.3 is 5.97 Å². The summed E-state index contributed by atoms with van der Waals surface area (Å²) in [5.41, 5.74) is 2.26. The van der Waals surface area contributed by atoms with Crippen molar-refractivity contribution in [3.05, 3.63) is 34.9 Å². The van der Waals surface area contributed by atoms with E-state index < -0.39 is 5.60 Å². The molecule has 0 aromatic rings. The molecule has 2 bridgehead atoms. The molecule has 0 saturated carbocycles. The first-order valence-electron chi connectivity index (χ1n) is 8.64. The summed E-state index contributed by atoms with van der Waals surface area (Å²) in [7, 11) is 0. The molecule has 3 nitrogen and oxygen atoms in total. The van der Waals surface area contributed by atoms with Crippen LogP contribution in [-0.2, 0) is 14.3 Å². The van der Waals surface area contributed by atoms with Crippen LogP contribution in [0.1, 0.15) is 66.2 Å². The second kappa shape index (κ2) is 7.29. The molecule has 2 heterocycles. The van der Waals surface area contributed by atoms with Crippen LogP contribution in [0.15, 0.2) is 34.9 Å². The zero-order valence-corrected chi connectivity index (χ0v) is 14.8. The van der Waals surface area contributed by atoms with Crippen LogP contribution < -0.4 is 0 Å². The van der Waals surface area contributed by atoms with Crippen molar-refractivity contribution in [3.63, 3.8) is 0 Å². The SMILES string of the molecule is C/C1=C\C=C(\C(C)C)CCC2=CCCC(C)(OC2=O)C(=O)CC1. The minimum Gasteiger partial charge on any atom is -0.448 e. The standard InChI is InChI=1S/C20H28O3/c1-14(2)16-9-7-15(3)8-12-18(21)20(4)13-5-6-17(11-10-16)19(22)23-20/h6-7,9,14H,5,8,10-13H2,1-4H3/b15-7+,16-9+. The number of fused-ring (bicyclic) bond motifs is 3. The summed E-state index contributed by atoms with van der Waals surface area (Å²) in [6.45, 7) is 8.17. The summed E-state index contributed by atoms with van der Waals surface area (Å²) in [6.07, 6.45) is 10.2. The summed E-state index contributed by atoms with van der Waals surface area (Å²) in [6, 6.07) is 0. The molecule has 0 N–H and O–H groups in total. The molecule has 3 heteroatoms. The maximum Gasteiger partial charge on any atom is 0.334 e.